The second kappa shape index (κ2) is 16.3. The van der Waals surface area contributed by atoms with Crippen LogP contribution in [0.25, 0.3) is 73.4 Å². The summed E-state index contributed by atoms with van der Waals surface area (Å²) in [5.41, 5.74) is 25.4. The van der Waals surface area contributed by atoms with E-state index in [0.29, 0.717) is 0 Å². The van der Waals surface area contributed by atoms with E-state index in [0.717, 1.165) is 16.9 Å². The number of aromatic nitrogens is 1. The van der Waals surface area contributed by atoms with Gasteiger partial charge in [-0.3, -0.25) is 0 Å². The van der Waals surface area contributed by atoms with Crippen molar-refractivity contribution in [3.05, 3.63) is 287 Å². The van der Waals surface area contributed by atoms with E-state index in [1.165, 1.54) is 106 Å². The average Bonchev–Trinajstić information content (AvgIpc) is 4.01. The SMILES string of the molecule is Cc1ccccc1N(c1ccc(C=Cc2ccc3c(c2)C2(c4ccccc4-c4ccccc42)c2cc4c(cc2-3)c(-c2ccccc2)c(-c2ccccc2)n4-c2ccccc2)cc1)c1ccccc1C. The quantitative estimate of drug-likeness (QED) is 0.138. The summed E-state index contributed by atoms with van der Waals surface area (Å²) in [6, 6.07) is 89.5. The molecule has 0 saturated heterocycles. The molecule has 0 aliphatic heterocycles. The van der Waals surface area contributed by atoms with Gasteiger partial charge in [0, 0.05) is 33.7 Å². The molecule has 1 spiro atoms. The number of anilines is 3. The van der Waals surface area contributed by atoms with Crippen LogP contribution in [-0.4, -0.2) is 4.57 Å². The maximum absolute atomic E-state index is 2.55. The molecule has 0 unspecified atom stereocenters. The fraction of sp³-hybridized carbons (Fsp3) is 0.0448. The molecule has 11 aromatic rings. The van der Waals surface area contributed by atoms with Crippen LogP contribution in [0.15, 0.2) is 243 Å². The first kappa shape index (κ1) is 40.5. The van der Waals surface area contributed by atoms with Crippen molar-refractivity contribution in [2.45, 2.75) is 19.3 Å². The lowest BCUT2D eigenvalue weighted by atomic mass is 9.70. The molecule has 0 N–H and O–H groups in total. The second-order valence-corrected chi connectivity index (χ2v) is 18.5. The van der Waals surface area contributed by atoms with Crippen molar-refractivity contribution in [2.75, 3.05) is 4.90 Å². The summed E-state index contributed by atoms with van der Waals surface area (Å²) in [5, 5.41) is 1.24. The van der Waals surface area contributed by atoms with Crippen molar-refractivity contribution in [1.82, 2.24) is 4.57 Å². The minimum Gasteiger partial charge on any atom is -0.310 e. The summed E-state index contributed by atoms with van der Waals surface area (Å²) >= 11 is 0. The summed E-state index contributed by atoms with van der Waals surface area (Å²) in [7, 11) is 0. The van der Waals surface area contributed by atoms with E-state index in [9.17, 15) is 0 Å². The first-order chi connectivity index (χ1) is 34.1. The Morgan fingerprint density at radius 3 is 1.51 bits per heavy atom. The highest BCUT2D eigenvalue weighted by atomic mass is 15.1. The zero-order chi connectivity index (χ0) is 46.1. The normalized spacial score (nSPS) is 12.8. The lowest BCUT2D eigenvalue weighted by molar-refractivity contribution is 0.794. The molecule has 326 valence electrons. The third-order valence-electron chi connectivity index (χ3n) is 14.7. The van der Waals surface area contributed by atoms with Crippen LogP contribution in [0.2, 0.25) is 0 Å². The zero-order valence-corrected chi connectivity index (χ0v) is 38.6. The summed E-state index contributed by atoms with van der Waals surface area (Å²) in [5.74, 6) is 0. The van der Waals surface area contributed by atoms with Gasteiger partial charge in [-0.05, 0) is 146 Å². The van der Waals surface area contributed by atoms with E-state index in [1.807, 2.05) is 0 Å². The molecule has 0 bridgehead atoms. The van der Waals surface area contributed by atoms with Gasteiger partial charge in [0.2, 0.25) is 0 Å². The van der Waals surface area contributed by atoms with Gasteiger partial charge in [0.05, 0.1) is 16.6 Å². The maximum Gasteiger partial charge on any atom is 0.0726 e. The Balaban J connectivity index is 1.01. The smallest absolute Gasteiger partial charge is 0.0726 e. The minimum absolute atomic E-state index is 0.530. The Morgan fingerprint density at radius 1 is 0.391 bits per heavy atom. The van der Waals surface area contributed by atoms with Gasteiger partial charge in [0.1, 0.15) is 0 Å². The van der Waals surface area contributed by atoms with Crippen LogP contribution >= 0.6 is 0 Å². The Hall–Kier alpha value is -8.72. The number of benzene rings is 10. The third-order valence-corrected chi connectivity index (χ3v) is 14.7. The third kappa shape index (κ3) is 6.33. The van der Waals surface area contributed by atoms with Crippen molar-refractivity contribution in [2.24, 2.45) is 0 Å². The first-order valence-electron chi connectivity index (χ1n) is 24.0. The predicted molar refractivity (Wildman–Crippen MR) is 290 cm³/mol. The summed E-state index contributed by atoms with van der Waals surface area (Å²) in [4.78, 5) is 2.38. The number of para-hydroxylation sites is 3. The molecule has 2 aliphatic rings. The van der Waals surface area contributed by atoms with Crippen LogP contribution in [0, 0.1) is 13.8 Å². The number of rotatable bonds is 8. The lowest BCUT2D eigenvalue weighted by Gasteiger charge is -2.30. The summed E-state index contributed by atoms with van der Waals surface area (Å²) < 4.78 is 2.51. The van der Waals surface area contributed by atoms with Crippen LogP contribution in [0.1, 0.15) is 44.5 Å². The molecule has 0 fully saturated rings. The monoisotopic (exact) mass is 880 g/mol. The van der Waals surface area contributed by atoms with Gasteiger partial charge < -0.3 is 9.47 Å². The van der Waals surface area contributed by atoms with Crippen molar-refractivity contribution >= 4 is 40.1 Å². The molecule has 0 atom stereocenters. The van der Waals surface area contributed by atoms with Crippen LogP contribution in [0.4, 0.5) is 17.1 Å². The molecule has 0 amide bonds. The number of hydrogen-bond donors (Lipinski definition) is 0. The number of fused-ring (bicyclic) bond motifs is 11. The van der Waals surface area contributed by atoms with E-state index >= 15 is 0 Å². The largest absolute Gasteiger partial charge is 0.310 e. The van der Waals surface area contributed by atoms with Crippen molar-refractivity contribution in [1.29, 1.82) is 0 Å². The van der Waals surface area contributed by atoms with Crippen LogP contribution in [0.5, 0.6) is 0 Å². The van der Waals surface area contributed by atoms with E-state index in [1.54, 1.807) is 0 Å². The van der Waals surface area contributed by atoms with Gasteiger partial charge >= 0.3 is 0 Å². The summed E-state index contributed by atoms with van der Waals surface area (Å²) in [6.07, 6.45) is 4.55. The Morgan fingerprint density at radius 2 is 0.884 bits per heavy atom. The van der Waals surface area contributed by atoms with E-state index < -0.39 is 5.41 Å². The fourth-order valence-corrected chi connectivity index (χ4v) is 11.6. The molecule has 0 radical (unpaired) electrons. The highest BCUT2D eigenvalue weighted by Crippen LogP contribution is 2.64. The molecule has 0 saturated carbocycles. The molecular weight excluding hydrogens is 833 g/mol. The van der Waals surface area contributed by atoms with Gasteiger partial charge in [-0.25, -0.2) is 0 Å². The molecule has 1 heterocycles. The van der Waals surface area contributed by atoms with E-state index in [2.05, 4.69) is 278 Å². The summed E-state index contributed by atoms with van der Waals surface area (Å²) in [6.45, 7) is 4.37. The van der Waals surface area contributed by atoms with Crippen molar-refractivity contribution < 1.29 is 0 Å². The van der Waals surface area contributed by atoms with Crippen LogP contribution in [0.3, 0.4) is 0 Å². The van der Waals surface area contributed by atoms with E-state index in [-0.39, 0.29) is 0 Å². The zero-order valence-electron chi connectivity index (χ0n) is 38.6. The molecule has 2 aliphatic carbocycles. The van der Waals surface area contributed by atoms with E-state index in [4.69, 9.17) is 0 Å². The highest BCUT2D eigenvalue weighted by Gasteiger charge is 2.52. The second-order valence-electron chi connectivity index (χ2n) is 18.5. The van der Waals surface area contributed by atoms with Gasteiger partial charge in [-0.2, -0.15) is 0 Å². The molecular formula is C67H48N2. The Bertz CT molecular complexity index is 3690. The van der Waals surface area contributed by atoms with Gasteiger partial charge in [0.15, 0.2) is 0 Å². The topological polar surface area (TPSA) is 8.17 Å². The van der Waals surface area contributed by atoms with Crippen molar-refractivity contribution in [3.63, 3.8) is 0 Å². The molecule has 10 aromatic carbocycles. The molecule has 13 rings (SSSR count). The Labute approximate surface area is 404 Å². The average molecular weight is 881 g/mol. The molecule has 2 nitrogen and oxygen atoms in total. The first-order valence-corrected chi connectivity index (χ1v) is 24.0. The van der Waals surface area contributed by atoms with Gasteiger partial charge in [-0.15, -0.1) is 0 Å². The van der Waals surface area contributed by atoms with Crippen LogP contribution in [-0.2, 0) is 5.41 Å². The number of hydrogen-bond acceptors (Lipinski definition) is 1. The number of aryl methyl sites for hydroxylation is 2. The highest BCUT2D eigenvalue weighted by molar-refractivity contribution is 6.10. The molecule has 69 heavy (non-hydrogen) atoms. The maximum atomic E-state index is 2.55. The molecule has 1 aromatic heterocycles. The lowest BCUT2D eigenvalue weighted by Crippen LogP contribution is -2.26. The minimum atomic E-state index is -0.530. The van der Waals surface area contributed by atoms with Crippen LogP contribution < -0.4 is 4.90 Å². The Kier molecular flexibility index (Phi) is 9.55. The predicted octanol–water partition coefficient (Wildman–Crippen LogP) is 17.6. The standard InChI is InChI=1S/C67H48N2/c1-45-20-12-18-32-62(45)68(63-33-19-13-21-46(63)2)52-39-36-47(37-40-52)34-35-48-38-41-55-56-43-57-64(44-61(56)67(60(55)42-48)58-30-16-14-28-53(58)54-29-15-17-31-59(54)67)69(51-26-10-5-11-27-51)66(50-24-8-4-9-25-50)65(57)49-22-6-3-7-23-49/h3-44H,1-2H3. The number of nitrogens with zero attached hydrogens (tertiary/aromatic N) is 2. The van der Waals surface area contributed by atoms with Gasteiger partial charge in [0.25, 0.3) is 0 Å². The van der Waals surface area contributed by atoms with Gasteiger partial charge in [-0.1, -0.05) is 200 Å². The molecule has 2 heteroatoms. The fourth-order valence-electron chi connectivity index (χ4n) is 11.6. The van der Waals surface area contributed by atoms with Crippen molar-refractivity contribution in [3.8, 4) is 50.3 Å².